The van der Waals surface area contributed by atoms with Crippen LogP contribution in [0.2, 0.25) is 0 Å². The van der Waals surface area contributed by atoms with Crippen molar-refractivity contribution in [1.29, 1.82) is 0 Å². The Morgan fingerprint density at radius 2 is 1.67 bits per heavy atom. The predicted molar refractivity (Wildman–Crippen MR) is 29.1 cm³/mol. The van der Waals surface area contributed by atoms with Gasteiger partial charge in [0, 0.05) is 32.6 Å². The second-order valence-electron chi connectivity index (χ2n) is 1.20. The van der Waals surface area contributed by atoms with Gasteiger partial charge in [-0.05, 0) is 0 Å². The van der Waals surface area contributed by atoms with Crippen LogP contribution in [0, 0.1) is 0 Å². The predicted octanol–water partition coefficient (Wildman–Crippen LogP) is 0.468. The molecule has 0 nitrogen and oxygen atoms in total. The smallest absolute Gasteiger partial charge is 0.0915 e. The molecule has 1 saturated heterocycles. The molecule has 1 rings (SSSR count). The first-order valence-corrected chi connectivity index (χ1v) is 4.23. The third-order valence-corrected chi connectivity index (χ3v) is 3.23. The molecular formula is C3H6S2Zr. The summed E-state index contributed by atoms with van der Waals surface area (Å²) in [7, 11) is 0.441. The second kappa shape index (κ2) is 3.57. The maximum Gasteiger partial charge on any atom is 0.0915 e. The average Bonchev–Trinajstić information content (AvgIpc) is 1.30. The molecule has 0 spiro atoms. The van der Waals surface area contributed by atoms with Gasteiger partial charge >= 0.3 is 0 Å². The molecule has 0 atom stereocenters. The monoisotopic (exact) mass is 196 g/mol. The fraction of sp³-hybridized carbons (Fsp3) is 1.00. The van der Waals surface area contributed by atoms with E-state index in [0.717, 1.165) is 0 Å². The molecule has 1 heterocycles. The van der Waals surface area contributed by atoms with Crippen LogP contribution in [0.4, 0.5) is 0 Å². The van der Waals surface area contributed by atoms with Crippen LogP contribution in [-0.2, 0) is 47.8 Å². The SMILES string of the molecule is [S-][S+]1CCC1.[Zr]. The standard InChI is InChI=1S/C3H6S2.Zr/c4-5-2-1-3-5;/h1-3H2;. The van der Waals surface area contributed by atoms with Crippen LogP contribution in [0.3, 0.4) is 0 Å². The van der Waals surface area contributed by atoms with Gasteiger partial charge in [-0.1, -0.05) is 0 Å². The van der Waals surface area contributed by atoms with Gasteiger partial charge in [0.1, 0.15) is 0 Å². The number of hydrogen-bond donors (Lipinski definition) is 0. The zero-order valence-corrected chi connectivity index (χ0v) is 7.53. The second-order valence-corrected chi connectivity index (χ2v) is 4.31. The molecule has 0 aromatic heterocycles. The van der Waals surface area contributed by atoms with E-state index in [9.17, 15) is 0 Å². The van der Waals surface area contributed by atoms with Gasteiger partial charge in [0.25, 0.3) is 0 Å². The Morgan fingerprint density at radius 1 is 1.33 bits per heavy atom. The summed E-state index contributed by atoms with van der Waals surface area (Å²) in [6.45, 7) is 0. The Morgan fingerprint density at radius 3 is 1.67 bits per heavy atom. The Bertz CT molecular complexity index is 35.8. The normalized spacial score (nSPS) is 21.5. The maximum atomic E-state index is 4.89. The van der Waals surface area contributed by atoms with Gasteiger partial charge in [0.05, 0.1) is 11.5 Å². The van der Waals surface area contributed by atoms with E-state index in [1.165, 1.54) is 17.9 Å². The summed E-state index contributed by atoms with van der Waals surface area (Å²) in [6.07, 6.45) is 1.40. The van der Waals surface area contributed by atoms with Crippen molar-refractivity contribution in [3.05, 3.63) is 0 Å². The van der Waals surface area contributed by atoms with Gasteiger partial charge in [-0.2, -0.15) is 0 Å². The van der Waals surface area contributed by atoms with Crippen molar-refractivity contribution < 1.29 is 26.2 Å². The largest absolute Gasteiger partial charge is 0.476 e. The summed E-state index contributed by atoms with van der Waals surface area (Å²) in [5.41, 5.74) is 0. The number of hydrogen-bond acceptors (Lipinski definition) is 1. The van der Waals surface area contributed by atoms with Crippen molar-refractivity contribution in [2.75, 3.05) is 11.5 Å². The van der Waals surface area contributed by atoms with Crippen LogP contribution in [0.1, 0.15) is 6.42 Å². The third kappa shape index (κ3) is 2.04. The molecule has 1 aliphatic rings. The van der Waals surface area contributed by atoms with Crippen molar-refractivity contribution in [2.45, 2.75) is 6.42 Å². The van der Waals surface area contributed by atoms with E-state index < -0.39 is 0 Å². The van der Waals surface area contributed by atoms with Crippen LogP contribution >= 0.6 is 0 Å². The van der Waals surface area contributed by atoms with E-state index in [1.807, 2.05) is 0 Å². The Kier molecular flexibility index (Phi) is 4.51. The topological polar surface area (TPSA) is 0 Å². The van der Waals surface area contributed by atoms with E-state index in [2.05, 4.69) is 0 Å². The van der Waals surface area contributed by atoms with Gasteiger partial charge in [-0.3, -0.25) is 0 Å². The summed E-state index contributed by atoms with van der Waals surface area (Å²) in [6, 6.07) is 0. The molecule has 1 fully saturated rings. The summed E-state index contributed by atoms with van der Waals surface area (Å²) < 4.78 is 0. The Balaban J connectivity index is 0.000000250. The molecule has 0 amide bonds. The van der Waals surface area contributed by atoms with Gasteiger partial charge in [-0.15, -0.1) is 9.93 Å². The van der Waals surface area contributed by atoms with Gasteiger partial charge in [0.2, 0.25) is 0 Å². The van der Waals surface area contributed by atoms with Gasteiger partial charge in [-0.25, -0.2) is 0 Å². The zero-order valence-electron chi connectivity index (χ0n) is 3.44. The van der Waals surface area contributed by atoms with E-state index in [0.29, 0.717) is 9.93 Å². The Hall–Kier alpha value is 1.58. The molecule has 0 radical (unpaired) electrons. The first kappa shape index (κ1) is 7.58. The fourth-order valence-electron chi connectivity index (χ4n) is 0.262. The van der Waals surface area contributed by atoms with Crippen molar-refractivity contribution in [1.82, 2.24) is 0 Å². The molecular weight excluding hydrogens is 191 g/mol. The summed E-state index contributed by atoms with van der Waals surface area (Å²) >= 11 is 4.89. The molecule has 0 aromatic carbocycles. The van der Waals surface area contributed by atoms with Crippen LogP contribution in [0.5, 0.6) is 0 Å². The minimum atomic E-state index is 0. The first-order valence-electron chi connectivity index (χ1n) is 1.74. The molecule has 6 heavy (non-hydrogen) atoms. The Labute approximate surface area is 65.4 Å². The van der Waals surface area contributed by atoms with Crippen LogP contribution < -0.4 is 0 Å². The minimum absolute atomic E-state index is 0. The molecule has 0 aromatic rings. The van der Waals surface area contributed by atoms with Gasteiger partial charge < -0.3 is 11.7 Å². The quantitative estimate of drug-likeness (QED) is 0.309. The fourth-order valence-corrected chi connectivity index (χ4v) is 1.49. The molecule has 0 unspecified atom stereocenters. The van der Waals surface area contributed by atoms with Crippen LogP contribution in [0.25, 0.3) is 0 Å². The van der Waals surface area contributed by atoms with Crippen molar-refractivity contribution in [3.8, 4) is 0 Å². The molecule has 0 bridgehead atoms. The molecule has 0 saturated carbocycles. The molecule has 0 aliphatic carbocycles. The number of rotatable bonds is 0. The van der Waals surface area contributed by atoms with E-state index in [4.69, 9.17) is 11.7 Å². The molecule has 1 aliphatic heterocycles. The average molecular weight is 197 g/mol. The third-order valence-electron chi connectivity index (χ3n) is 0.744. The zero-order chi connectivity index (χ0) is 3.70. The molecule has 0 N–H and O–H groups in total. The summed E-state index contributed by atoms with van der Waals surface area (Å²) in [4.78, 5) is 0. The molecule has 3 heteroatoms. The van der Waals surface area contributed by atoms with E-state index in [-0.39, 0.29) is 26.2 Å². The summed E-state index contributed by atoms with van der Waals surface area (Å²) in [5.74, 6) is 2.66. The van der Waals surface area contributed by atoms with Crippen LogP contribution in [-0.4, -0.2) is 11.5 Å². The minimum Gasteiger partial charge on any atom is -0.476 e. The van der Waals surface area contributed by atoms with Crippen molar-refractivity contribution in [2.24, 2.45) is 0 Å². The van der Waals surface area contributed by atoms with E-state index in [1.54, 1.807) is 0 Å². The van der Waals surface area contributed by atoms with Crippen LogP contribution in [0.15, 0.2) is 0 Å². The van der Waals surface area contributed by atoms with E-state index >= 15 is 0 Å². The van der Waals surface area contributed by atoms with Crippen molar-refractivity contribution in [3.63, 3.8) is 0 Å². The first-order chi connectivity index (χ1) is 2.39. The maximum absolute atomic E-state index is 4.89. The summed E-state index contributed by atoms with van der Waals surface area (Å²) in [5, 5.41) is 0. The van der Waals surface area contributed by atoms with Crippen molar-refractivity contribution >= 4 is 21.6 Å². The van der Waals surface area contributed by atoms with Gasteiger partial charge in [0.15, 0.2) is 0 Å². The molecule has 34 valence electrons.